The first kappa shape index (κ1) is 42.1. The molecule has 2 aromatic rings. The lowest BCUT2D eigenvalue weighted by Crippen LogP contribution is -2.44. The van der Waals surface area contributed by atoms with Crippen LogP contribution in [0.15, 0.2) is 88.4 Å². The Kier molecular flexibility index (Phi) is 16.5. The van der Waals surface area contributed by atoms with Crippen molar-refractivity contribution in [3.05, 3.63) is 106 Å². The molecule has 2 aliphatic rings. The monoisotopic (exact) mass is 695 g/mol. The van der Waals surface area contributed by atoms with Crippen LogP contribution < -0.4 is 21.8 Å². The molecule has 11 heteroatoms. The molecule has 0 saturated carbocycles. The third-order valence-electron chi connectivity index (χ3n) is 9.30. The molecular weight excluding hydrogens is 639 g/mol. The minimum atomic E-state index is -1.03. The van der Waals surface area contributed by atoms with E-state index in [2.05, 4.69) is 52.4 Å². The molecule has 1 heterocycles. The fraction of sp³-hybridized carbons (Fsp3) is 0.450. The van der Waals surface area contributed by atoms with Crippen LogP contribution in [0.1, 0.15) is 99.0 Å². The number of nitriles is 1. The molecule has 0 bridgehead atoms. The number of carbonyl (C=O) groups is 2. The topological polar surface area (TPSA) is 172 Å². The number of likely N-dealkylation sites (tertiary alicyclic amines) is 1. The van der Waals surface area contributed by atoms with Crippen molar-refractivity contribution in [1.29, 1.82) is 10.7 Å². The fourth-order valence-corrected chi connectivity index (χ4v) is 6.31. The summed E-state index contributed by atoms with van der Waals surface area (Å²) in [4.78, 5) is 27.5. The van der Waals surface area contributed by atoms with Crippen molar-refractivity contribution in [2.45, 2.75) is 91.1 Å². The van der Waals surface area contributed by atoms with Gasteiger partial charge >= 0.3 is 0 Å². The highest BCUT2D eigenvalue weighted by Crippen LogP contribution is 2.47. The lowest BCUT2D eigenvalue weighted by molar-refractivity contribution is -0.130. The van der Waals surface area contributed by atoms with Crippen LogP contribution in [-0.4, -0.2) is 55.8 Å². The Morgan fingerprint density at radius 1 is 1.08 bits per heavy atom. The Morgan fingerprint density at radius 3 is 2.25 bits per heavy atom. The van der Waals surface area contributed by atoms with Gasteiger partial charge in [-0.3, -0.25) is 15.0 Å². The zero-order valence-electron chi connectivity index (χ0n) is 31.7. The van der Waals surface area contributed by atoms with Crippen molar-refractivity contribution >= 4 is 17.6 Å². The highest BCUT2D eigenvalue weighted by molar-refractivity contribution is 5.97. The molecule has 1 fully saturated rings. The SMILES string of the molecule is C=C(C)C.C=C(C)NC.CNC(=O)c1ccc2c(c1)CCC(C)=C(C)C2(CC(NCC(=O)N1CCCC1C#N)c1ccc(C)cc1)C(=N)N=NN. The second-order valence-electron chi connectivity index (χ2n) is 13.5. The van der Waals surface area contributed by atoms with Gasteiger partial charge in [-0.1, -0.05) is 64.4 Å². The van der Waals surface area contributed by atoms with E-state index in [1.165, 1.54) is 5.57 Å². The second-order valence-corrected chi connectivity index (χ2v) is 13.5. The minimum absolute atomic E-state index is 0.00739. The van der Waals surface area contributed by atoms with Gasteiger partial charge in [0.2, 0.25) is 5.91 Å². The summed E-state index contributed by atoms with van der Waals surface area (Å²) in [5.41, 5.74) is 7.67. The van der Waals surface area contributed by atoms with Gasteiger partial charge in [0.25, 0.3) is 5.91 Å². The van der Waals surface area contributed by atoms with Crippen LogP contribution in [0.4, 0.5) is 0 Å². The number of nitrogens with one attached hydrogen (secondary N) is 4. The third-order valence-corrected chi connectivity index (χ3v) is 9.30. The molecule has 51 heavy (non-hydrogen) atoms. The molecule has 2 aromatic carbocycles. The molecule has 0 spiro atoms. The van der Waals surface area contributed by atoms with Crippen molar-refractivity contribution in [1.82, 2.24) is 20.9 Å². The first-order chi connectivity index (χ1) is 24.2. The van der Waals surface area contributed by atoms with Gasteiger partial charge in [-0.2, -0.15) is 5.26 Å². The lowest BCUT2D eigenvalue weighted by Gasteiger charge is -2.39. The largest absolute Gasteiger partial charge is 0.392 e. The molecule has 11 nitrogen and oxygen atoms in total. The maximum absolute atomic E-state index is 13.3. The first-order valence-electron chi connectivity index (χ1n) is 17.3. The number of allylic oxidation sites excluding steroid dienone is 3. The Labute approximate surface area is 304 Å². The average Bonchev–Trinajstić information content (AvgIpc) is 3.56. The number of amides is 2. The molecule has 4 rings (SSSR count). The van der Waals surface area contributed by atoms with E-state index in [1.54, 1.807) is 18.0 Å². The van der Waals surface area contributed by atoms with Crippen LogP contribution in [-0.2, 0) is 16.6 Å². The van der Waals surface area contributed by atoms with Gasteiger partial charge in [-0.05, 0) is 108 Å². The number of nitrogens with zero attached hydrogens (tertiary/aromatic N) is 4. The highest BCUT2D eigenvalue weighted by Gasteiger charge is 2.45. The molecule has 1 aliphatic heterocycles. The minimum Gasteiger partial charge on any atom is -0.392 e. The summed E-state index contributed by atoms with van der Waals surface area (Å²) >= 11 is 0. The number of benzene rings is 2. The van der Waals surface area contributed by atoms with Gasteiger partial charge in [-0.25, -0.2) is 0 Å². The van der Waals surface area contributed by atoms with E-state index >= 15 is 0 Å². The fourth-order valence-electron chi connectivity index (χ4n) is 6.31. The van der Waals surface area contributed by atoms with E-state index in [0.29, 0.717) is 31.4 Å². The van der Waals surface area contributed by atoms with E-state index in [9.17, 15) is 20.3 Å². The van der Waals surface area contributed by atoms with Crippen LogP contribution in [0.5, 0.6) is 0 Å². The predicted octanol–water partition coefficient (Wildman–Crippen LogP) is 6.74. The normalized spacial score (nSPS) is 18.5. The molecule has 1 aliphatic carbocycles. The van der Waals surface area contributed by atoms with Crippen LogP contribution >= 0.6 is 0 Å². The van der Waals surface area contributed by atoms with Gasteiger partial charge in [-0.15, -0.1) is 11.7 Å². The van der Waals surface area contributed by atoms with Gasteiger partial charge in [0.15, 0.2) is 5.84 Å². The Balaban J connectivity index is 0.000000893. The van der Waals surface area contributed by atoms with Crippen LogP contribution in [0.2, 0.25) is 0 Å². The zero-order valence-corrected chi connectivity index (χ0v) is 31.7. The average molecular weight is 696 g/mol. The summed E-state index contributed by atoms with van der Waals surface area (Å²) in [7, 11) is 3.45. The number of carbonyl (C=O) groups excluding carboxylic acids is 2. The van der Waals surface area contributed by atoms with Crippen molar-refractivity contribution < 1.29 is 9.59 Å². The summed E-state index contributed by atoms with van der Waals surface area (Å²) in [6, 6.07) is 15.2. The summed E-state index contributed by atoms with van der Waals surface area (Å²) in [6.07, 6.45) is 3.32. The number of rotatable bonds is 9. The Morgan fingerprint density at radius 2 is 1.71 bits per heavy atom. The van der Waals surface area contributed by atoms with Gasteiger partial charge in [0.05, 0.1) is 18.0 Å². The van der Waals surface area contributed by atoms with Crippen LogP contribution in [0.25, 0.3) is 0 Å². The number of nitrogens with two attached hydrogens (primary N) is 1. The summed E-state index contributed by atoms with van der Waals surface area (Å²) in [5, 5.41) is 35.4. The quantitative estimate of drug-likeness (QED) is 0.0486. The van der Waals surface area contributed by atoms with Crippen LogP contribution in [0, 0.1) is 23.7 Å². The highest BCUT2D eigenvalue weighted by atomic mass is 16.2. The Hall–Kier alpha value is -5.08. The lowest BCUT2D eigenvalue weighted by atomic mass is 9.67. The van der Waals surface area contributed by atoms with E-state index in [-0.39, 0.29) is 30.2 Å². The number of aryl methyl sites for hydroxylation is 2. The standard InChI is InChI=1S/C32H40N8O2.C4H9N.C4H8/c1-20-7-10-23(11-8-20)28(37-19-29(41)40-15-5-6-26(40)18-33)17-32(31(34)38-39-35)22(3)21(2)9-12-24-16-25(30(42)36-4)13-14-27(24)32;1-4(2)5-3;1-4(2)3/h7-8,10-11,13-14,16,26,28,37H,5-6,9,12,15,17,19H2,1-4H3,(H,36,42)(H3,34,35,38);5H,1H2,2-3H3;1H2,2-3H3. The van der Waals surface area contributed by atoms with E-state index in [0.717, 1.165) is 51.9 Å². The molecule has 1 saturated heterocycles. The smallest absolute Gasteiger partial charge is 0.251 e. The summed E-state index contributed by atoms with van der Waals surface area (Å²) < 4.78 is 0. The number of amidine groups is 1. The van der Waals surface area contributed by atoms with Crippen molar-refractivity contribution in [3.8, 4) is 6.07 Å². The number of hydrogen-bond acceptors (Lipinski definition) is 7. The van der Waals surface area contributed by atoms with Gasteiger partial charge < -0.3 is 26.7 Å². The van der Waals surface area contributed by atoms with Crippen molar-refractivity contribution in [3.63, 3.8) is 0 Å². The third kappa shape index (κ3) is 11.2. The number of hydrogen-bond donors (Lipinski definition) is 5. The first-order valence-corrected chi connectivity index (χ1v) is 17.3. The molecule has 6 N–H and O–H groups in total. The maximum atomic E-state index is 13.3. The molecule has 274 valence electrons. The van der Waals surface area contributed by atoms with Crippen molar-refractivity contribution in [2.75, 3.05) is 27.2 Å². The van der Waals surface area contributed by atoms with Gasteiger partial charge in [0.1, 0.15) is 6.04 Å². The van der Waals surface area contributed by atoms with E-state index in [4.69, 9.17) is 5.84 Å². The summed E-state index contributed by atoms with van der Waals surface area (Å²) in [6.45, 7) is 19.7. The molecule has 0 radical (unpaired) electrons. The number of fused-ring (bicyclic) bond motifs is 1. The molecular formula is C40H57N9O2. The van der Waals surface area contributed by atoms with E-state index < -0.39 is 11.5 Å². The summed E-state index contributed by atoms with van der Waals surface area (Å²) in [5.74, 6) is 5.22. The van der Waals surface area contributed by atoms with Gasteiger partial charge in [0, 0.05) is 32.2 Å². The van der Waals surface area contributed by atoms with Crippen LogP contribution in [0.3, 0.4) is 0 Å². The molecule has 3 atom stereocenters. The Bertz CT molecular complexity index is 1670. The maximum Gasteiger partial charge on any atom is 0.251 e. The molecule has 0 aromatic heterocycles. The zero-order chi connectivity index (χ0) is 38.3. The molecule has 2 amide bonds. The van der Waals surface area contributed by atoms with Crippen molar-refractivity contribution in [2.24, 2.45) is 16.2 Å². The van der Waals surface area contributed by atoms with E-state index in [1.807, 2.05) is 78.1 Å². The second kappa shape index (κ2) is 19.9. The predicted molar refractivity (Wildman–Crippen MR) is 206 cm³/mol. The molecule has 3 unspecified atom stereocenters.